The van der Waals surface area contributed by atoms with E-state index in [2.05, 4.69) is 89.2 Å². The van der Waals surface area contributed by atoms with Crippen LogP contribution in [0.1, 0.15) is 115 Å². The van der Waals surface area contributed by atoms with Gasteiger partial charge in [0.2, 0.25) is 0 Å². The Morgan fingerprint density at radius 2 is 1.61 bits per heavy atom. The Hall–Kier alpha value is -0.630. The van der Waals surface area contributed by atoms with Crippen LogP contribution in [0.2, 0.25) is 0 Å². The minimum atomic E-state index is 0.113. The molecule has 4 aliphatic carbocycles. The lowest BCUT2D eigenvalue weighted by atomic mass is 9.40. The highest BCUT2D eigenvalue weighted by Gasteiger charge is 2.70. The predicted molar refractivity (Wildman–Crippen MR) is 150 cm³/mol. The molecule has 5 aliphatic rings. The van der Waals surface area contributed by atoms with Gasteiger partial charge in [0.25, 0.3) is 0 Å². The second-order valence-electron chi connectivity index (χ2n) is 17.0. The van der Waals surface area contributed by atoms with Gasteiger partial charge in [-0.3, -0.25) is 4.79 Å². The van der Waals surface area contributed by atoms with Crippen molar-refractivity contribution in [1.29, 1.82) is 0 Å². The molecule has 12 atom stereocenters. The monoisotopic (exact) mass is 496 g/mol. The van der Waals surface area contributed by atoms with E-state index in [1.807, 2.05) is 0 Å². The summed E-state index contributed by atoms with van der Waals surface area (Å²) in [5.74, 6) is 4.39. The number of rotatable bonds is 3. The van der Waals surface area contributed by atoms with Crippen molar-refractivity contribution in [1.82, 2.24) is 0 Å². The van der Waals surface area contributed by atoms with Crippen LogP contribution >= 0.6 is 0 Å². The van der Waals surface area contributed by atoms with E-state index < -0.39 is 0 Å². The summed E-state index contributed by atoms with van der Waals surface area (Å²) >= 11 is 0. The van der Waals surface area contributed by atoms with Gasteiger partial charge in [-0.2, -0.15) is 0 Å². The van der Waals surface area contributed by atoms with Gasteiger partial charge in [0, 0.05) is 5.92 Å². The van der Waals surface area contributed by atoms with Gasteiger partial charge in [0.15, 0.2) is 5.78 Å². The number of carbonyl (C=O) groups is 1. The smallest absolute Gasteiger partial charge is 0.159 e. The van der Waals surface area contributed by atoms with Crippen LogP contribution in [0.15, 0.2) is 11.6 Å². The summed E-state index contributed by atoms with van der Waals surface area (Å²) in [6, 6.07) is 0. The van der Waals surface area contributed by atoms with Gasteiger partial charge in [-0.15, -0.1) is 0 Å². The average Bonchev–Trinajstić information content (AvgIpc) is 3.49. The van der Waals surface area contributed by atoms with Crippen molar-refractivity contribution < 1.29 is 9.53 Å². The fraction of sp³-hybridized carbons (Fsp3) is 0.912. The molecule has 2 unspecified atom stereocenters. The third-order valence-electron chi connectivity index (χ3n) is 13.8. The Balaban J connectivity index is 1.50. The summed E-state index contributed by atoms with van der Waals surface area (Å²) in [5.41, 5.74) is 2.40. The number of hydrogen-bond acceptors (Lipinski definition) is 2. The number of hydrogen-bond donors (Lipinski definition) is 0. The topological polar surface area (TPSA) is 29.6 Å². The highest BCUT2D eigenvalue weighted by molar-refractivity contribution is 5.94. The lowest BCUT2D eigenvalue weighted by Crippen LogP contribution is -2.59. The maximum absolute atomic E-state index is 13.8. The molecule has 0 spiro atoms. The van der Waals surface area contributed by atoms with Crippen LogP contribution in [0, 0.1) is 68.5 Å². The standard InChI is InChI=1S/C34H56O2/c1-19-15-23-25(35)16-24-27(32(23,10)17-20(19)2)21(3)18-34(12)26(13-14-33(24,34)11)31(8,9)29-28(36-29)22(4)30(5,6)7/h16,19-23,26-29H,13-15,17-18H2,1-12H3/t19-,20+,21-,22?,23+,26-,27?,28+,29-,32+,33+,34-/m1/s1. The van der Waals surface area contributed by atoms with E-state index in [-0.39, 0.29) is 33.0 Å². The van der Waals surface area contributed by atoms with Gasteiger partial charge in [-0.25, -0.2) is 0 Å². The molecule has 1 saturated heterocycles. The molecular formula is C34H56O2. The molecule has 0 radical (unpaired) electrons. The van der Waals surface area contributed by atoms with E-state index in [1.165, 1.54) is 25.7 Å². The van der Waals surface area contributed by atoms with Crippen LogP contribution in [-0.4, -0.2) is 18.0 Å². The third-order valence-corrected chi connectivity index (χ3v) is 13.8. The quantitative estimate of drug-likeness (QED) is 0.366. The van der Waals surface area contributed by atoms with Crippen molar-refractivity contribution in [2.24, 2.45) is 68.5 Å². The fourth-order valence-corrected chi connectivity index (χ4v) is 10.9. The third kappa shape index (κ3) is 3.47. The molecule has 0 aromatic carbocycles. The Kier molecular flexibility index (Phi) is 5.96. The summed E-state index contributed by atoms with van der Waals surface area (Å²) < 4.78 is 6.53. The molecule has 0 amide bonds. The molecule has 0 aromatic rings. The first kappa shape index (κ1) is 27.0. The van der Waals surface area contributed by atoms with Gasteiger partial charge in [0.05, 0.1) is 12.2 Å². The van der Waals surface area contributed by atoms with E-state index in [9.17, 15) is 4.79 Å². The Labute approximate surface area is 222 Å². The van der Waals surface area contributed by atoms with Gasteiger partial charge < -0.3 is 4.74 Å². The highest BCUT2D eigenvalue weighted by atomic mass is 16.6. The van der Waals surface area contributed by atoms with Gasteiger partial charge in [0.1, 0.15) is 0 Å². The Morgan fingerprint density at radius 1 is 0.972 bits per heavy atom. The molecule has 4 fully saturated rings. The van der Waals surface area contributed by atoms with E-state index >= 15 is 0 Å². The zero-order valence-corrected chi connectivity index (χ0v) is 25.6. The van der Waals surface area contributed by atoms with Crippen LogP contribution in [0.4, 0.5) is 0 Å². The molecule has 0 bridgehead atoms. The largest absolute Gasteiger partial charge is 0.369 e. The van der Waals surface area contributed by atoms with Crippen LogP contribution in [0.25, 0.3) is 0 Å². The van der Waals surface area contributed by atoms with Crippen LogP contribution < -0.4 is 0 Å². The number of allylic oxidation sites excluding steroid dienone is 2. The molecule has 5 rings (SSSR count). The van der Waals surface area contributed by atoms with Crippen molar-refractivity contribution >= 4 is 5.78 Å². The van der Waals surface area contributed by atoms with E-state index in [0.717, 1.165) is 6.42 Å². The van der Waals surface area contributed by atoms with Crippen LogP contribution in [0.5, 0.6) is 0 Å². The van der Waals surface area contributed by atoms with Crippen molar-refractivity contribution in [2.45, 2.75) is 127 Å². The van der Waals surface area contributed by atoms with Crippen LogP contribution in [0.3, 0.4) is 0 Å². The molecule has 204 valence electrons. The molecule has 36 heavy (non-hydrogen) atoms. The van der Waals surface area contributed by atoms with Crippen molar-refractivity contribution in [2.75, 3.05) is 0 Å². The van der Waals surface area contributed by atoms with Gasteiger partial charge in [-0.05, 0) is 101 Å². The molecule has 1 aliphatic heterocycles. The molecule has 2 heteroatoms. The summed E-state index contributed by atoms with van der Waals surface area (Å²) in [5, 5.41) is 0. The molecule has 2 nitrogen and oxygen atoms in total. The van der Waals surface area contributed by atoms with Crippen LogP contribution in [-0.2, 0) is 9.53 Å². The summed E-state index contributed by atoms with van der Waals surface area (Å²) in [7, 11) is 0. The minimum Gasteiger partial charge on any atom is -0.369 e. The van der Waals surface area contributed by atoms with Crippen molar-refractivity contribution in [3.8, 4) is 0 Å². The zero-order chi connectivity index (χ0) is 26.8. The zero-order valence-electron chi connectivity index (χ0n) is 25.6. The molecule has 0 N–H and O–H groups in total. The summed E-state index contributed by atoms with van der Waals surface area (Å²) in [4.78, 5) is 13.8. The normalized spacial score (nSPS) is 51.7. The first-order valence-electron chi connectivity index (χ1n) is 15.3. The average molecular weight is 497 g/mol. The van der Waals surface area contributed by atoms with Crippen molar-refractivity contribution in [3.63, 3.8) is 0 Å². The summed E-state index contributed by atoms with van der Waals surface area (Å²) in [6.07, 6.45) is 9.00. The molecule has 3 saturated carbocycles. The number of fused-ring (bicyclic) bond motifs is 5. The maximum Gasteiger partial charge on any atom is 0.159 e. The van der Waals surface area contributed by atoms with Gasteiger partial charge >= 0.3 is 0 Å². The Morgan fingerprint density at radius 3 is 2.22 bits per heavy atom. The van der Waals surface area contributed by atoms with E-state index in [4.69, 9.17) is 4.74 Å². The first-order valence-corrected chi connectivity index (χ1v) is 15.3. The number of epoxide rings is 1. The number of ketones is 1. The maximum atomic E-state index is 13.8. The molecular weight excluding hydrogens is 440 g/mol. The molecule has 1 heterocycles. The van der Waals surface area contributed by atoms with Crippen molar-refractivity contribution in [3.05, 3.63) is 11.6 Å². The second-order valence-corrected chi connectivity index (χ2v) is 17.0. The van der Waals surface area contributed by atoms with Gasteiger partial charge in [-0.1, -0.05) is 88.7 Å². The SMILES string of the molecule is CC([C@@H]1O[C@H]1C(C)(C)[C@H]1CC[C@@]2(C)C3=CC(=O)[C@@H]4C[C@@H](C)[C@@H](C)C[C@]4(C)C3[C@H](C)C[C@]12C)C(C)(C)C. The molecule has 0 aromatic heterocycles. The highest BCUT2D eigenvalue weighted by Crippen LogP contribution is 2.75. The van der Waals surface area contributed by atoms with E-state index in [1.54, 1.807) is 5.57 Å². The number of carbonyl (C=O) groups excluding carboxylic acids is 1. The fourth-order valence-electron chi connectivity index (χ4n) is 10.9. The minimum absolute atomic E-state index is 0.113. The lowest BCUT2D eigenvalue weighted by Gasteiger charge is -2.64. The predicted octanol–water partition coefficient (Wildman–Crippen LogP) is 8.74. The lowest BCUT2D eigenvalue weighted by molar-refractivity contribution is -0.138. The summed E-state index contributed by atoms with van der Waals surface area (Å²) in [6.45, 7) is 29.5. The van der Waals surface area contributed by atoms with E-state index in [0.29, 0.717) is 53.5 Å². The Bertz CT molecular complexity index is 953. The number of ether oxygens (including phenoxy) is 1. The first-order chi connectivity index (χ1) is 16.4. The second kappa shape index (κ2) is 7.95.